The average molecular weight is 366 g/mol. The van der Waals surface area contributed by atoms with Gasteiger partial charge in [-0.1, -0.05) is 36.4 Å². The van der Waals surface area contributed by atoms with E-state index in [0.29, 0.717) is 16.5 Å². The van der Waals surface area contributed by atoms with Gasteiger partial charge in [0.05, 0.1) is 0 Å². The molecule has 1 aromatic heterocycles. The molecular weight excluding hydrogens is 352 g/mol. The van der Waals surface area contributed by atoms with E-state index >= 15 is 0 Å². The first-order chi connectivity index (χ1) is 13.0. The number of hydrazine groups is 1. The number of carbonyl (C=O) groups excluding carboxylic acids is 3. The summed E-state index contributed by atoms with van der Waals surface area (Å²) in [5.74, 6) is -2.29. The largest absolute Gasteiger partial charge is 0.452 e. The highest BCUT2D eigenvalue weighted by Crippen LogP contribution is 2.13. The quantitative estimate of drug-likeness (QED) is 0.410. The Labute approximate surface area is 152 Å². The maximum Gasteiger partial charge on any atom is 0.351 e. The molecule has 2 N–H and O–H groups in total. The first kappa shape index (κ1) is 17.9. The zero-order valence-electron chi connectivity index (χ0n) is 13.9. The van der Waals surface area contributed by atoms with Gasteiger partial charge in [-0.2, -0.15) is 0 Å². The van der Waals surface area contributed by atoms with Gasteiger partial charge in [0, 0.05) is 10.9 Å². The second kappa shape index (κ2) is 7.96. The van der Waals surface area contributed by atoms with Crippen LogP contribution in [0.2, 0.25) is 0 Å². The van der Waals surface area contributed by atoms with Crippen LogP contribution in [0.5, 0.6) is 0 Å². The Morgan fingerprint density at radius 1 is 0.926 bits per heavy atom. The Bertz CT molecular complexity index is 1060. The summed E-state index contributed by atoms with van der Waals surface area (Å²) in [6.07, 6.45) is 0. The predicted octanol–water partition coefficient (Wildman–Crippen LogP) is 1.41. The standard InChI is InChI=1S/C19H14N2O6/c22-16(20-21-17(23)12-6-2-1-3-7-12)11-26-18(24)14-10-13-8-4-5-9-15(13)27-19(14)25/h1-10H,11H2,(H,20,22)(H,21,23). The first-order valence-electron chi connectivity index (χ1n) is 7.89. The molecule has 0 spiro atoms. The Kier molecular flexibility index (Phi) is 5.27. The van der Waals surface area contributed by atoms with Crippen molar-refractivity contribution in [1.82, 2.24) is 10.9 Å². The minimum absolute atomic E-state index is 0.324. The van der Waals surface area contributed by atoms with E-state index in [9.17, 15) is 19.2 Å². The summed E-state index contributed by atoms with van der Waals surface area (Å²) in [7, 11) is 0. The highest BCUT2D eigenvalue weighted by Gasteiger charge is 2.17. The number of hydrogen-bond donors (Lipinski definition) is 2. The first-order valence-corrected chi connectivity index (χ1v) is 7.89. The van der Waals surface area contributed by atoms with Crippen LogP contribution in [-0.2, 0) is 9.53 Å². The number of nitrogens with one attached hydrogen (secondary N) is 2. The van der Waals surface area contributed by atoms with Gasteiger partial charge < -0.3 is 9.15 Å². The van der Waals surface area contributed by atoms with E-state index in [-0.39, 0.29) is 5.56 Å². The summed E-state index contributed by atoms with van der Waals surface area (Å²) in [6, 6.07) is 16.2. The monoisotopic (exact) mass is 366 g/mol. The molecule has 136 valence electrons. The van der Waals surface area contributed by atoms with Crippen LogP contribution >= 0.6 is 0 Å². The zero-order valence-corrected chi connectivity index (χ0v) is 13.9. The summed E-state index contributed by atoms with van der Waals surface area (Å²) >= 11 is 0. The number of ether oxygens (including phenoxy) is 1. The molecule has 0 bridgehead atoms. The van der Waals surface area contributed by atoms with Crippen molar-refractivity contribution in [3.8, 4) is 0 Å². The average Bonchev–Trinajstić information content (AvgIpc) is 2.70. The lowest BCUT2D eigenvalue weighted by molar-refractivity contribution is -0.125. The molecule has 0 fully saturated rings. The number of esters is 1. The molecule has 0 saturated heterocycles. The van der Waals surface area contributed by atoms with E-state index in [0.717, 1.165) is 0 Å². The topological polar surface area (TPSA) is 115 Å². The van der Waals surface area contributed by atoms with Crippen molar-refractivity contribution in [2.24, 2.45) is 0 Å². The Morgan fingerprint density at radius 2 is 1.63 bits per heavy atom. The third kappa shape index (κ3) is 4.37. The van der Waals surface area contributed by atoms with Crippen LogP contribution in [0.15, 0.2) is 69.9 Å². The number of rotatable bonds is 4. The van der Waals surface area contributed by atoms with Crippen LogP contribution in [0.25, 0.3) is 11.0 Å². The molecule has 0 unspecified atom stereocenters. The van der Waals surface area contributed by atoms with Gasteiger partial charge >= 0.3 is 11.6 Å². The fraction of sp³-hybridized carbons (Fsp3) is 0.0526. The van der Waals surface area contributed by atoms with Crippen molar-refractivity contribution in [3.05, 3.63) is 82.2 Å². The number of fused-ring (bicyclic) bond motifs is 1. The van der Waals surface area contributed by atoms with Crippen molar-refractivity contribution < 1.29 is 23.5 Å². The summed E-state index contributed by atoms with van der Waals surface area (Å²) in [6.45, 7) is -0.680. The summed E-state index contributed by atoms with van der Waals surface area (Å²) in [5, 5.41) is 0.545. The second-order valence-electron chi connectivity index (χ2n) is 5.43. The molecule has 0 aliphatic rings. The third-order valence-corrected chi connectivity index (χ3v) is 3.55. The lowest BCUT2D eigenvalue weighted by Gasteiger charge is -2.08. The number of benzene rings is 2. The molecular formula is C19H14N2O6. The number of para-hydroxylation sites is 1. The van der Waals surface area contributed by atoms with Crippen molar-refractivity contribution in [2.45, 2.75) is 0 Å². The smallest absolute Gasteiger partial charge is 0.351 e. The number of amides is 2. The van der Waals surface area contributed by atoms with Crippen molar-refractivity contribution in [3.63, 3.8) is 0 Å². The van der Waals surface area contributed by atoms with Crippen LogP contribution in [-0.4, -0.2) is 24.4 Å². The minimum Gasteiger partial charge on any atom is -0.452 e. The molecule has 0 atom stereocenters. The Hall–Kier alpha value is -3.94. The van der Waals surface area contributed by atoms with E-state index in [1.807, 2.05) is 0 Å². The molecule has 0 saturated carbocycles. The van der Waals surface area contributed by atoms with Crippen LogP contribution in [0.3, 0.4) is 0 Å². The molecule has 3 aromatic rings. The van der Waals surface area contributed by atoms with Crippen molar-refractivity contribution >= 4 is 28.8 Å². The summed E-state index contributed by atoms with van der Waals surface area (Å²) in [5.41, 5.74) is 3.80. The molecule has 0 aliphatic carbocycles. The SMILES string of the molecule is O=C(COC(=O)c1cc2ccccc2oc1=O)NNC(=O)c1ccccc1. The van der Waals surface area contributed by atoms with Gasteiger partial charge in [-0.15, -0.1) is 0 Å². The normalized spacial score (nSPS) is 10.2. The maximum atomic E-state index is 12.0. The molecule has 8 heteroatoms. The van der Waals surface area contributed by atoms with Crippen LogP contribution < -0.4 is 16.5 Å². The van der Waals surface area contributed by atoms with E-state index in [1.54, 1.807) is 54.6 Å². The molecule has 27 heavy (non-hydrogen) atoms. The zero-order chi connectivity index (χ0) is 19.2. The second-order valence-corrected chi connectivity index (χ2v) is 5.43. The fourth-order valence-electron chi connectivity index (χ4n) is 2.24. The highest BCUT2D eigenvalue weighted by molar-refractivity contribution is 5.96. The molecule has 2 amide bonds. The van der Waals surface area contributed by atoms with Gasteiger partial charge in [-0.25, -0.2) is 9.59 Å². The van der Waals surface area contributed by atoms with Crippen molar-refractivity contribution in [2.75, 3.05) is 6.61 Å². The molecule has 0 aliphatic heterocycles. The highest BCUT2D eigenvalue weighted by atomic mass is 16.5. The molecule has 3 rings (SSSR count). The summed E-state index contributed by atoms with van der Waals surface area (Å²) in [4.78, 5) is 47.4. The van der Waals surface area contributed by atoms with E-state index in [2.05, 4.69) is 10.9 Å². The van der Waals surface area contributed by atoms with Gasteiger partial charge in [0.2, 0.25) is 0 Å². The fourth-order valence-corrected chi connectivity index (χ4v) is 2.24. The minimum atomic E-state index is -1.00. The summed E-state index contributed by atoms with van der Waals surface area (Å²) < 4.78 is 9.83. The van der Waals surface area contributed by atoms with E-state index in [1.165, 1.54) is 6.07 Å². The van der Waals surface area contributed by atoms with Gasteiger partial charge in [-0.3, -0.25) is 20.4 Å². The molecule has 2 aromatic carbocycles. The van der Waals surface area contributed by atoms with Gasteiger partial charge in [0.15, 0.2) is 6.61 Å². The predicted molar refractivity (Wildman–Crippen MR) is 94.8 cm³/mol. The van der Waals surface area contributed by atoms with Crippen LogP contribution in [0.4, 0.5) is 0 Å². The van der Waals surface area contributed by atoms with Gasteiger partial charge in [0.25, 0.3) is 11.8 Å². The molecule has 0 radical (unpaired) electrons. The number of hydrogen-bond acceptors (Lipinski definition) is 6. The van der Waals surface area contributed by atoms with Gasteiger partial charge in [0.1, 0.15) is 11.1 Å². The molecule has 1 heterocycles. The van der Waals surface area contributed by atoms with E-state index < -0.39 is 30.0 Å². The van der Waals surface area contributed by atoms with E-state index in [4.69, 9.17) is 9.15 Å². The van der Waals surface area contributed by atoms with Crippen LogP contribution in [0.1, 0.15) is 20.7 Å². The van der Waals surface area contributed by atoms with Crippen LogP contribution in [0, 0.1) is 0 Å². The number of carbonyl (C=O) groups is 3. The Balaban J connectivity index is 1.56. The Morgan fingerprint density at radius 3 is 2.41 bits per heavy atom. The lowest BCUT2D eigenvalue weighted by Crippen LogP contribution is -2.43. The van der Waals surface area contributed by atoms with Crippen molar-refractivity contribution in [1.29, 1.82) is 0 Å². The maximum absolute atomic E-state index is 12.0. The third-order valence-electron chi connectivity index (χ3n) is 3.55. The lowest BCUT2D eigenvalue weighted by atomic mass is 10.2. The molecule has 8 nitrogen and oxygen atoms in total. The van der Waals surface area contributed by atoms with Gasteiger partial charge in [-0.05, 0) is 24.3 Å².